The molecule has 6 nitrogen and oxygen atoms in total. The summed E-state index contributed by atoms with van der Waals surface area (Å²) in [4.78, 5) is 12.7. The van der Waals surface area contributed by atoms with Gasteiger partial charge in [0.15, 0.2) is 4.75 Å². The van der Waals surface area contributed by atoms with Gasteiger partial charge in [0, 0.05) is 18.5 Å². The Morgan fingerprint density at radius 2 is 1.91 bits per heavy atom. The number of sulfonamides is 1. The first-order valence-corrected chi connectivity index (χ1v) is 9.24. The molecule has 0 saturated heterocycles. The summed E-state index contributed by atoms with van der Waals surface area (Å²) < 4.78 is 24.2. The Morgan fingerprint density at radius 3 is 2.45 bits per heavy atom. The second-order valence-corrected chi connectivity index (χ2v) is 9.06. The Labute approximate surface area is 135 Å². The van der Waals surface area contributed by atoms with Crippen LogP contribution in [0, 0.1) is 0 Å². The Morgan fingerprint density at radius 1 is 1.32 bits per heavy atom. The number of amides is 1. The summed E-state index contributed by atoms with van der Waals surface area (Å²) in [5.74, 6) is -0.172. The van der Waals surface area contributed by atoms with E-state index in [1.807, 2.05) is 30.3 Å². The first-order valence-electron chi connectivity index (χ1n) is 6.81. The summed E-state index contributed by atoms with van der Waals surface area (Å²) in [5, 5.41) is 8.67. The minimum atomic E-state index is -3.84. The fourth-order valence-electron chi connectivity index (χ4n) is 1.76. The van der Waals surface area contributed by atoms with Crippen molar-refractivity contribution in [2.45, 2.75) is 29.9 Å². The molecule has 0 radical (unpaired) electrons. The zero-order chi connectivity index (χ0) is 16.8. The predicted octanol–water partition coefficient (Wildman–Crippen LogP) is 1.71. The summed E-state index contributed by atoms with van der Waals surface area (Å²) in [6.07, 6.45) is 0.659. The molecule has 0 spiro atoms. The third-order valence-corrected chi connectivity index (χ3v) is 6.91. The lowest BCUT2D eigenvalue weighted by Crippen LogP contribution is -2.52. The quantitative estimate of drug-likeness (QED) is 0.324. The van der Waals surface area contributed by atoms with Gasteiger partial charge in [-0.15, -0.1) is 11.8 Å². The average molecular weight is 346 g/mol. The summed E-state index contributed by atoms with van der Waals surface area (Å²) >= 11 is 1.65. The first-order chi connectivity index (χ1) is 10.2. The van der Waals surface area contributed by atoms with Crippen LogP contribution < -0.4 is 5.48 Å². The molecule has 1 aromatic rings. The number of hydroxylamine groups is 1. The Hall–Kier alpha value is -1.09. The molecule has 0 unspecified atom stereocenters. The molecule has 0 heterocycles. The van der Waals surface area contributed by atoms with E-state index in [0.29, 0.717) is 13.0 Å². The monoisotopic (exact) mass is 346 g/mol. The lowest BCUT2D eigenvalue weighted by atomic mass is 10.2. The highest BCUT2D eigenvalue weighted by Crippen LogP contribution is 2.22. The van der Waals surface area contributed by atoms with Gasteiger partial charge in [-0.1, -0.05) is 18.2 Å². The molecule has 1 rings (SSSR count). The molecule has 2 N–H and O–H groups in total. The summed E-state index contributed by atoms with van der Waals surface area (Å²) in [5.41, 5.74) is 1.41. The standard InChI is InChI=1S/C14H22N2O4S2/c1-14(2,13(17)15-18)22(19,20)16(3)10-7-11-21-12-8-5-4-6-9-12/h4-6,8-9,18H,7,10-11H2,1-3H3,(H,15,17). The van der Waals surface area contributed by atoms with Crippen molar-refractivity contribution in [3.8, 4) is 0 Å². The molecule has 0 fully saturated rings. The average Bonchev–Trinajstić information content (AvgIpc) is 2.51. The first kappa shape index (κ1) is 19.0. The molecule has 124 valence electrons. The summed E-state index contributed by atoms with van der Waals surface area (Å²) in [7, 11) is -2.40. The van der Waals surface area contributed by atoms with E-state index in [0.717, 1.165) is 15.0 Å². The topological polar surface area (TPSA) is 86.7 Å². The van der Waals surface area contributed by atoms with E-state index in [4.69, 9.17) is 5.21 Å². The molecule has 0 atom stereocenters. The highest BCUT2D eigenvalue weighted by molar-refractivity contribution is 7.99. The molecule has 0 aliphatic heterocycles. The normalized spacial score (nSPS) is 12.4. The Balaban J connectivity index is 2.54. The molecular formula is C14H22N2O4S2. The van der Waals surface area contributed by atoms with Gasteiger partial charge in [0.05, 0.1) is 0 Å². The maximum atomic E-state index is 12.4. The third-order valence-electron chi connectivity index (χ3n) is 3.33. The number of nitrogens with one attached hydrogen (secondary N) is 1. The minimum Gasteiger partial charge on any atom is -0.289 e. The Bertz CT molecular complexity index is 588. The van der Waals surface area contributed by atoms with Crippen LogP contribution in [0.3, 0.4) is 0 Å². The van der Waals surface area contributed by atoms with Crippen LogP contribution in [0.1, 0.15) is 20.3 Å². The second-order valence-electron chi connectivity index (χ2n) is 5.29. The van der Waals surface area contributed by atoms with E-state index in [-0.39, 0.29) is 0 Å². The van der Waals surface area contributed by atoms with Crippen LogP contribution in [-0.4, -0.2) is 47.9 Å². The van der Waals surface area contributed by atoms with Crippen molar-refractivity contribution in [1.82, 2.24) is 9.79 Å². The van der Waals surface area contributed by atoms with Gasteiger partial charge in [-0.25, -0.2) is 18.2 Å². The number of rotatable bonds is 8. The number of hydrogen-bond acceptors (Lipinski definition) is 5. The van der Waals surface area contributed by atoms with E-state index in [2.05, 4.69) is 0 Å². The maximum absolute atomic E-state index is 12.4. The number of benzene rings is 1. The van der Waals surface area contributed by atoms with Crippen molar-refractivity contribution in [2.75, 3.05) is 19.3 Å². The van der Waals surface area contributed by atoms with Crippen molar-refractivity contribution < 1.29 is 18.4 Å². The van der Waals surface area contributed by atoms with Crippen molar-refractivity contribution in [1.29, 1.82) is 0 Å². The van der Waals surface area contributed by atoms with E-state index in [1.165, 1.54) is 26.4 Å². The van der Waals surface area contributed by atoms with Gasteiger partial charge in [-0.05, 0) is 38.2 Å². The molecule has 1 amide bonds. The summed E-state index contributed by atoms with van der Waals surface area (Å²) in [6, 6.07) is 9.85. The van der Waals surface area contributed by atoms with E-state index < -0.39 is 20.7 Å². The SMILES string of the molecule is CN(CCCSc1ccccc1)S(=O)(=O)C(C)(C)C(=O)NO. The van der Waals surface area contributed by atoms with Crippen LogP contribution in [0.4, 0.5) is 0 Å². The lowest BCUT2D eigenvalue weighted by molar-refractivity contribution is -0.131. The fraction of sp³-hybridized carbons (Fsp3) is 0.500. The van der Waals surface area contributed by atoms with Gasteiger partial charge in [-0.2, -0.15) is 0 Å². The third kappa shape index (κ3) is 4.45. The number of hydrogen-bond donors (Lipinski definition) is 2. The molecule has 0 saturated carbocycles. The largest absolute Gasteiger partial charge is 0.289 e. The van der Waals surface area contributed by atoms with Crippen LogP contribution in [0.5, 0.6) is 0 Å². The van der Waals surface area contributed by atoms with Crippen molar-refractivity contribution in [3.05, 3.63) is 30.3 Å². The van der Waals surface area contributed by atoms with Gasteiger partial charge in [0.25, 0.3) is 5.91 Å². The predicted molar refractivity (Wildman–Crippen MR) is 87.3 cm³/mol. The maximum Gasteiger partial charge on any atom is 0.265 e. The van der Waals surface area contributed by atoms with Gasteiger partial charge in [0.1, 0.15) is 0 Å². The zero-order valence-electron chi connectivity index (χ0n) is 12.9. The van der Waals surface area contributed by atoms with E-state index in [9.17, 15) is 13.2 Å². The molecule has 0 aliphatic rings. The molecule has 22 heavy (non-hydrogen) atoms. The van der Waals surface area contributed by atoms with Gasteiger partial charge < -0.3 is 0 Å². The van der Waals surface area contributed by atoms with Crippen LogP contribution in [0.15, 0.2) is 35.2 Å². The fourth-order valence-corrected chi connectivity index (χ4v) is 4.04. The van der Waals surface area contributed by atoms with Crippen molar-refractivity contribution >= 4 is 27.7 Å². The van der Waals surface area contributed by atoms with Crippen molar-refractivity contribution in [2.24, 2.45) is 0 Å². The van der Waals surface area contributed by atoms with Gasteiger partial charge in [0.2, 0.25) is 10.0 Å². The van der Waals surface area contributed by atoms with Crippen molar-refractivity contribution in [3.63, 3.8) is 0 Å². The lowest BCUT2D eigenvalue weighted by Gasteiger charge is -2.28. The molecule has 0 bridgehead atoms. The van der Waals surface area contributed by atoms with Gasteiger partial charge >= 0.3 is 0 Å². The highest BCUT2D eigenvalue weighted by Gasteiger charge is 2.44. The molecule has 1 aromatic carbocycles. The number of thioether (sulfide) groups is 1. The second kappa shape index (κ2) is 7.96. The van der Waals surface area contributed by atoms with Crippen LogP contribution in [0.2, 0.25) is 0 Å². The van der Waals surface area contributed by atoms with E-state index >= 15 is 0 Å². The Kier molecular flexibility index (Phi) is 6.86. The van der Waals surface area contributed by atoms with Crippen LogP contribution in [0.25, 0.3) is 0 Å². The highest BCUT2D eigenvalue weighted by atomic mass is 32.2. The van der Waals surface area contributed by atoms with Crippen LogP contribution in [-0.2, 0) is 14.8 Å². The summed E-state index contributed by atoms with van der Waals surface area (Å²) in [6.45, 7) is 2.84. The van der Waals surface area contributed by atoms with Gasteiger partial charge in [-0.3, -0.25) is 10.0 Å². The molecule has 0 aliphatic carbocycles. The molecular weight excluding hydrogens is 324 g/mol. The number of nitrogens with zero attached hydrogens (tertiary/aromatic N) is 1. The minimum absolute atomic E-state index is 0.310. The number of carbonyl (C=O) groups excluding carboxylic acids is 1. The van der Waals surface area contributed by atoms with E-state index in [1.54, 1.807) is 11.8 Å². The zero-order valence-corrected chi connectivity index (χ0v) is 14.6. The number of carbonyl (C=O) groups is 1. The smallest absolute Gasteiger partial charge is 0.265 e. The van der Waals surface area contributed by atoms with Crippen LogP contribution >= 0.6 is 11.8 Å². The molecule has 0 aromatic heterocycles. The molecule has 8 heteroatoms.